The highest BCUT2D eigenvalue weighted by Crippen LogP contribution is 2.46. The van der Waals surface area contributed by atoms with E-state index in [-0.39, 0.29) is 24.2 Å². The summed E-state index contributed by atoms with van der Waals surface area (Å²) >= 11 is 0. The molecule has 0 fully saturated rings. The summed E-state index contributed by atoms with van der Waals surface area (Å²) < 4.78 is 22.7. The Kier molecular flexibility index (Phi) is 5.62. The Morgan fingerprint density at radius 1 is 1.55 bits per heavy atom. The van der Waals surface area contributed by atoms with E-state index in [9.17, 15) is 14.7 Å². The van der Waals surface area contributed by atoms with Crippen molar-refractivity contribution < 1.29 is 18.5 Å². The number of hydrogen-bond donors (Lipinski definition) is 1. The maximum atomic E-state index is 12.5. The van der Waals surface area contributed by atoms with Gasteiger partial charge in [0, 0.05) is 17.8 Å². The Hall–Kier alpha value is -1.50. The summed E-state index contributed by atoms with van der Waals surface area (Å²) in [6, 6.07) is 1.29. The van der Waals surface area contributed by atoms with Crippen LogP contribution in [-0.2, 0) is 9.09 Å². The molecule has 112 valence electrons. The molecule has 1 heterocycles. The SMILES string of the molecule is CCOP(=O)(NC(C)C)Oc1nccc(C)c1[N+](=O)[O-]. The molecule has 1 N–H and O–H groups in total. The van der Waals surface area contributed by atoms with E-state index in [0.29, 0.717) is 5.56 Å². The van der Waals surface area contributed by atoms with Crippen LogP contribution >= 0.6 is 7.75 Å². The zero-order valence-corrected chi connectivity index (χ0v) is 12.7. The van der Waals surface area contributed by atoms with Crippen LogP contribution in [0.5, 0.6) is 5.88 Å². The minimum Gasteiger partial charge on any atom is -0.388 e. The Morgan fingerprint density at radius 2 is 2.20 bits per heavy atom. The summed E-state index contributed by atoms with van der Waals surface area (Å²) in [5.74, 6) is -0.320. The fourth-order valence-electron chi connectivity index (χ4n) is 1.50. The van der Waals surface area contributed by atoms with E-state index in [1.807, 2.05) is 0 Å². The quantitative estimate of drug-likeness (QED) is 0.469. The van der Waals surface area contributed by atoms with Crippen molar-refractivity contribution >= 4 is 13.4 Å². The highest BCUT2D eigenvalue weighted by Gasteiger charge is 2.32. The number of nitrogens with one attached hydrogen (secondary N) is 1. The van der Waals surface area contributed by atoms with E-state index in [2.05, 4.69) is 10.1 Å². The topological polar surface area (TPSA) is 104 Å². The van der Waals surface area contributed by atoms with Crippen molar-refractivity contribution in [1.29, 1.82) is 0 Å². The first-order valence-electron chi connectivity index (χ1n) is 6.11. The van der Waals surface area contributed by atoms with Crippen LogP contribution in [0.3, 0.4) is 0 Å². The molecule has 1 rings (SSSR count). The van der Waals surface area contributed by atoms with E-state index in [0.717, 1.165) is 0 Å². The molecule has 0 bridgehead atoms. The van der Waals surface area contributed by atoms with E-state index < -0.39 is 12.7 Å². The molecule has 0 aromatic carbocycles. The summed E-state index contributed by atoms with van der Waals surface area (Å²) in [7, 11) is -3.70. The van der Waals surface area contributed by atoms with Crippen molar-refractivity contribution in [2.45, 2.75) is 33.7 Å². The normalized spacial score (nSPS) is 14.1. The summed E-state index contributed by atoms with van der Waals surface area (Å²) in [5, 5.41) is 13.7. The lowest BCUT2D eigenvalue weighted by Gasteiger charge is -2.20. The van der Waals surface area contributed by atoms with Gasteiger partial charge < -0.3 is 4.52 Å². The number of nitro groups is 1. The van der Waals surface area contributed by atoms with E-state index in [4.69, 9.17) is 9.05 Å². The number of rotatable bonds is 7. The first kappa shape index (κ1) is 16.6. The molecule has 0 radical (unpaired) electrons. The first-order valence-corrected chi connectivity index (χ1v) is 7.65. The van der Waals surface area contributed by atoms with Crippen molar-refractivity contribution in [3.8, 4) is 5.88 Å². The third-order valence-electron chi connectivity index (χ3n) is 2.20. The fourth-order valence-corrected chi connectivity index (χ4v) is 3.02. The second kappa shape index (κ2) is 6.78. The van der Waals surface area contributed by atoms with E-state index >= 15 is 0 Å². The number of aromatic nitrogens is 1. The molecule has 9 heteroatoms. The van der Waals surface area contributed by atoms with Crippen molar-refractivity contribution in [3.05, 3.63) is 27.9 Å². The van der Waals surface area contributed by atoms with Crippen molar-refractivity contribution in [2.24, 2.45) is 0 Å². The average Bonchev–Trinajstić information content (AvgIpc) is 2.26. The molecule has 0 saturated heterocycles. The van der Waals surface area contributed by atoms with Crippen molar-refractivity contribution in [1.82, 2.24) is 10.1 Å². The maximum Gasteiger partial charge on any atom is 0.460 e. The number of nitrogens with zero attached hydrogens (tertiary/aromatic N) is 2. The summed E-state index contributed by atoms with van der Waals surface area (Å²) in [6.07, 6.45) is 1.35. The van der Waals surface area contributed by atoms with Gasteiger partial charge >= 0.3 is 19.3 Å². The lowest BCUT2D eigenvalue weighted by molar-refractivity contribution is -0.386. The summed E-state index contributed by atoms with van der Waals surface area (Å²) in [5.41, 5.74) is 0.0468. The molecule has 20 heavy (non-hydrogen) atoms. The smallest absolute Gasteiger partial charge is 0.388 e. The van der Waals surface area contributed by atoms with Gasteiger partial charge in [-0.3, -0.25) is 14.6 Å². The van der Waals surface area contributed by atoms with Crippen LogP contribution in [0.4, 0.5) is 5.69 Å². The Morgan fingerprint density at radius 3 is 2.70 bits per heavy atom. The molecule has 0 spiro atoms. The molecular formula is C11H18N3O5P. The zero-order valence-electron chi connectivity index (χ0n) is 11.8. The van der Waals surface area contributed by atoms with Gasteiger partial charge in [-0.05, 0) is 33.8 Å². The number of aryl methyl sites for hydroxylation is 1. The summed E-state index contributed by atoms with van der Waals surface area (Å²) in [4.78, 5) is 14.2. The first-order chi connectivity index (χ1) is 9.29. The molecule has 8 nitrogen and oxygen atoms in total. The van der Waals surface area contributed by atoms with Crippen LogP contribution in [-0.4, -0.2) is 22.6 Å². The standard InChI is InChI=1S/C11H18N3O5P/c1-5-18-20(17,13-8(2)3)19-11-10(14(15)16)9(4)6-7-12-11/h6-8H,5H2,1-4H3,(H,13,17). The van der Waals surface area contributed by atoms with E-state index in [1.165, 1.54) is 12.3 Å². The predicted octanol–water partition coefficient (Wildman–Crippen LogP) is 2.82. The van der Waals surface area contributed by atoms with Crippen LogP contribution in [0.1, 0.15) is 26.3 Å². The fraction of sp³-hybridized carbons (Fsp3) is 0.545. The van der Waals surface area contributed by atoms with Crippen LogP contribution in [0.2, 0.25) is 0 Å². The molecule has 1 aromatic rings. The molecule has 1 atom stereocenters. The lowest BCUT2D eigenvalue weighted by atomic mass is 10.2. The molecule has 0 aliphatic carbocycles. The minimum absolute atomic E-state index is 0.136. The van der Waals surface area contributed by atoms with Gasteiger partial charge in [0.25, 0.3) is 0 Å². The molecule has 0 amide bonds. The summed E-state index contributed by atoms with van der Waals surface area (Å²) in [6.45, 7) is 6.85. The molecule has 0 aliphatic rings. The molecule has 0 aliphatic heterocycles. The van der Waals surface area contributed by atoms with Crippen LogP contribution in [0.15, 0.2) is 12.3 Å². The van der Waals surface area contributed by atoms with Crippen LogP contribution < -0.4 is 9.61 Å². The van der Waals surface area contributed by atoms with Gasteiger partial charge in [-0.2, -0.15) is 0 Å². The van der Waals surface area contributed by atoms with Crippen LogP contribution in [0.25, 0.3) is 0 Å². The molecular weight excluding hydrogens is 285 g/mol. The predicted molar refractivity (Wildman–Crippen MR) is 73.8 cm³/mol. The average molecular weight is 303 g/mol. The second-order valence-corrected chi connectivity index (χ2v) is 6.02. The maximum absolute atomic E-state index is 12.5. The van der Waals surface area contributed by atoms with Gasteiger partial charge in [-0.1, -0.05) is 0 Å². The van der Waals surface area contributed by atoms with E-state index in [1.54, 1.807) is 27.7 Å². The molecule has 1 unspecified atom stereocenters. The van der Waals surface area contributed by atoms with Gasteiger partial charge in [0.1, 0.15) is 0 Å². The lowest BCUT2D eigenvalue weighted by Crippen LogP contribution is -2.24. The number of pyridine rings is 1. The zero-order chi connectivity index (χ0) is 15.3. The Bertz CT molecular complexity index is 535. The Labute approximate surface area is 117 Å². The van der Waals surface area contributed by atoms with Gasteiger partial charge in [0.05, 0.1) is 11.5 Å². The molecule has 1 aromatic heterocycles. The molecule has 0 saturated carbocycles. The number of hydrogen-bond acceptors (Lipinski definition) is 6. The van der Waals surface area contributed by atoms with Gasteiger partial charge in [-0.25, -0.2) is 14.6 Å². The Balaban J connectivity index is 3.15. The van der Waals surface area contributed by atoms with Gasteiger partial charge in [0.15, 0.2) is 0 Å². The van der Waals surface area contributed by atoms with Gasteiger partial charge in [0.2, 0.25) is 0 Å². The monoisotopic (exact) mass is 303 g/mol. The second-order valence-electron chi connectivity index (χ2n) is 4.33. The van der Waals surface area contributed by atoms with Crippen molar-refractivity contribution in [2.75, 3.05) is 6.61 Å². The van der Waals surface area contributed by atoms with Crippen LogP contribution in [0, 0.1) is 17.0 Å². The third-order valence-corrected chi connectivity index (χ3v) is 4.04. The largest absolute Gasteiger partial charge is 0.460 e. The van der Waals surface area contributed by atoms with Gasteiger partial charge in [-0.15, -0.1) is 0 Å². The highest BCUT2D eigenvalue weighted by atomic mass is 31.2. The third kappa shape index (κ3) is 4.26. The highest BCUT2D eigenvalue weighted by molar-refractivity contribution is 7.52. The minimum atomic E-state index is -3.70. The van der Waals surface area contributed by atoms with Crippen molar-refractivity contribution in [3.63, 3.8) is 0 Å².